The zero-order valence-electron chi connectivity index (χ0n) is 10.2. The summed E-state index contributed by atoms with van der Waals surface area (Å²) in [5.74, 6) is 0.828. The van der Waals surface area contributed by atoms with Gasteiger partial charge in [0.2, 0.25) is 0 Å². The summed E-state index contributed by atoms with van der Waals surface area (Å²) in [6.45, 7) is 1.03. The number of carbonyl (C=O) groups excluding carboxylic acids is 1. The molecule has 94 valence electrons. The molecule has 17 heavy (non-hydrogen) atoms. The average Bonchev–Trinajstić information content (AvgIpc) is 2.40. The Morgan fingerprint density at radius 3 is 2.47 bits per heavy atom. The average molecular weight is 238 g/mol. The smallest absolute Gasteiger partial charge is 0.148 e. The molecule has 0 saturated carbocycles. The fourth-order valence-corrected chi connectivity index (χ4v) is 1.35. The third-order valence-electron chi connectivity index (χ3n) is 2.43. The lowest BCUT2D eigenvalue weighted by Crippen LogP contribution is -2.14. The molecule has 1 rings (SSSR count). The molecule has 0 aromatic heterocycles. The predicted octanol–water partition coefficient (Wildman–Crippen LogP) is 1.82. The van der Waals surface area contributed by atoms with Crippen molar-refractivity contribution in [2.75, 3.05) is 20.8 Å². The van der Waals surface area contributed by atoms with Crippen LogP contribution in [-0.4, -0.2) is 33.2 Å². The van der Waals surface area contributed by atoms with E-state index in [1.54, 1.807) is 7.11 Å². The van der Waals surface area contributed by atoms with Crippen molar-refractivity contribution in [1.82, 2.24) is 0 Å². The first kappa shape index (κ1) is 13.7. The quantitative estimate of drug-likeness (QED) is 0.512. The highest BCUT2D eigenvalue weighted by molar-refractivity contribution is 5.55. The molecule has 0 heterocycles. The molecule has 0 N–H and O–H groups in total. The van der Waals surface area contributed by atoms with Crippen LogP contribution in [0.15, 0.2) is 24.3 Å². The molecule has 1 aromatic rings. The van der Waals surface area contributed by atoms with Gasteiger partial charge >= 0.3 is 0 Å². The normalized spacial score (nSPS) is 12.1. The van der Waals surface area contributed by atoms with Crippen molar-refractivity contribution >= 4 is 6.29 Å². The minimum absolute atomic E-state index is 0.370. The van der Waals surface area contributed by atoms with Gasteiger partial charge in [0.05, 0.1) is 13.7 Å². The summed E-state index contributed by atoms with van der Waals surface area (Å²) in [7, 11) is 3.15. The summed E-state index contributed by atoms with van der Waals surface area (Å²) >= 11 is 0. The molecular weight excluding hydrogens is 220 g/mol. The Hall–Kier alpha value is -1.39. The molecule has 0 aliphatic carbocycles. The summed E-state index contributed by atoms with van der Waals surface area (Å²) < 4.78 is 15.4. The van der Waals surface area contributed by atoms with Crippen LogP contribution < -0.4 is 4.74 Å². The van der Waals surface area contributed by atoms with Gasteiger partial charge in [0.25, 0.3) is 0 Å². The molecule has 0 aliphatic rings. The number of hydrogen-bond acceptors (Lipinski definition) is 4. The van der Waals surface area contributed by atoms with Gasteiger partial charge in [-0.2, -0.15) is 0 Å². The molecule has 0 aliphatic heterocycles. The van der Waals surface area contributed by atoms with Gasteiger partial charge in [0.15, 0.2) is 0 Å². The Bertz CT molecular complexity index is 321. The molecule has 0 saturated heterocycles. The van der Waals surface area contributed by atoms with Crippen LogP contribution in [-0.2, 0) is 20.9 Å². The van der Waals surface area contributed by atoms with Crippen LogP contribution in [0.3, 0.4) is 0 Å². The van der Waals surface area contributed by atoms with E-state index in [4.69, 9.17) is 14.2 Å². The summed E-state index contributed by atoms with van der Waals surface area (Å²) in [5.41, 5.74) is 1.07. The van der Waals surface area contributed by atoms with E-state index in [2.05, 4.69) is 0 Å². The Labute approximate surface area is 101 Å². The molecule has 4 heteroatoms. The van der Waals surface area contributed by atoms with E-state index in [9.17, 15) is 4.79 Å². The molecule has 0 fully saturated rings. The van der Waals surface area contributed by atoms with Gasteiger partial charge < -0.3 is 19.0 Å². The van der Waals surface area contributed by atoms with Crippen molar-refractivity contribution in [3.63, 3.8) is 0 Å². The second kappa shape index (κ2) is 7.81. The van der Waals surface area contributed by atoms with Gasteiger partial charge in [0.1, 0.15) is 18.1 Å². The summed E-state index contributed by atoms with van der Waals surface area (Å²) in [6.07, 6.45) is 0.998. The van der Waals surface area contributed by atoms with Gasteiger partial charge in [-0.3, -0.25) is 0 Å². The van der Waals surface area contributed by atoms with E-state index < -0.39 is 0 Å². The molecule has 0 bridgehead atoms. The van der Waals surface area contributed by atoms with E-state index in [1.165, 1.54) is 7.11 Å². The number of ether oxygens (including phenoxy) is 3. The molecular formula is C13H18O4. The number of carbonyl (C=O) groups is 1. The van der Waals surface area contributed by atoms with Crippen LogP contribution in [0.2, 0.25) is 0 Å². The first-order chi connectivity index (χ1) is 8.30. The lowest BCUT2D eigenvalue weighted by atomic mass is 10.2. The van der Waals surface area contributed by atoms with Gasteiger partial charge in [-0.15, -0.1) is 0 Å². The van der Waals surface area contributed by atoms with Gasteiger partial charge in [-0.1, -0.05) is 12.1 Å². The number of rotatable bonds is 8. The van der Waals surface area contributed by atoms with Gasteiger partial charge in [-0.05, 0) is 17.7 Å². The third-order valence-corrected chi connectivity index (χ3v) is 2.43. The van der Waals surface area contributed by atoms with Crippen LogP contribution in [0, 0.1) is 0 Å². The maximum atomic E-state index is 10.5. The van der Waals surface area contributed by atoms with E-state index in [-0.39, 0.29) is 6.10 Å². The fraction of sp³-hybridized carbons (Fsp3) is 0.462. The Kier molecular flexibility index (Phi) is 6.29. The topological polar surface area (TPSA) is 44.8 Å². The molecule has 0 radical (unpaired) electrons. The van der Waals surface area contributed by atoms with Crippen LogP contribution in [0.25, 0.3) is 0 Å². The maximum Gasteiger partial charge on any atom is 0.148 e. The van der Waals surface area contributed by atoms with E-state index in [1.807, 2.05) is 24.3 Å². The molecule has 4 nitrogen and oxygen atoms in total. The van der Waals surface area contributed by atoms with E-state index >= 15 is 0 Å². The second-order valence-corrected chi connectivity index (χ2v) is 3.60. The number of hydrogen-bond donors (Lipinski definition) is 0. The van der Waals surface area contributed by atoms with Crippen molar-refractivity contribution in [2.45, 2.75) is 19.1 Å². The minimum Gasteiger partial charge on any atom is -0.497 e. The lowest BCUT2D eigenvalue weighted by Gasteiger charge is -2.09. The molecule has 0 unspecified atom stereocenters. The van der Waals surface area contributed by atoms with Crippen molar-refractivity contribution in [3.8, 4) is 5.75 Å². The van der Waals surface area contributed by atoms with Gasteiger partial charge in [0, 0.05) is 20.1 Å². The Morgan fingerprint density at radius 1 is 1.24 bits per heavy atom. The van der Waals surface area contributed by atoms with E-state index in [0.717, 1.165) is 17.6 Å². The highest BCUT2D eigenvalue weighted by Gasteiger charge is 2.04. The monoisotopic (exact) mass is 238 g/mol. The molecule has 1 atom stereocenters. The van der Waals surface area contributed by atoms with Crippen LogP contribution in [0.5, 0.6) is 5.75 Å². The van der Waals surface area contributed by atoms with Crippen molar-refractivity contribution in [2.24, 2.45) is 0 Å². The number of aldehydes is 1. The van der Waals surface area contributed by atoms with Crippen molar-refractivity contribution in [1.29, 1.82) is 0 Å². The first-order valence-corrected chi connectivity index (χ1v) is 5.49. The van der Waals surface area contributed by atoms with Crippen molar-refractivity contribution < 1.29 is 19.0 Å². The van der Waals surface area contributed by atoms with Crippen LogP contribution in [0.1, 0.15) is 12.0 Å². The van der Waals surface area contributed by atoms with E-state index in [0.29, 0.717) is 19.6 Å². The maximum absolute atomic E-state index is 10.5. The highest BCUT2D eigenvalue weighted by Crippen LogP contribution is 2.12. The Balaban J connectivity index is 2.23. The summed E-state index contributed by atoms with van der Waals surface area (Å²) in [6, 6.07) is 7.68. The zero-order valence-corrected chi connectivity index (χ0v) is 10.2. The first-order valence-electron chi connectivity index (χ1n) is 5.49. The molecule has 1 aromatic carbocycles. The fourth-order valence-electron chi connectivity index (χ4n) is 1.35. The second-order valence-electron chi connectivity index (χ2n) is 3.60. The SMILES string of the molecule is COc1ccc(COCC[C@H](C=O)OC)cc1. The number of benzene rings is 1. The predicted molar refractivity (Wildman–Crippen MR) is 64.1 cm³/mol. The lowest BCUT2D eigenvalue weighted by molar-refractivity contribution is -0.117. The zero-order chi connectivity index (χ0) is 12.5. The van der Waals surface area contributed by atoms with Crippen LogP contribution in [0.4, 0.5) is 0 Å². The Morgan fingerprint density at radius 2 is 1.94 bits per heavy atom. The standard InChI is InChI=1S/C13H18O4/c1-15-12-5-3-11(4-6-12)10-17-8-7-13(9-14)16-2/h3-6,9,13H,7-8,10H2,1-2H3/t13-/m1/s1. The molecule has 0 spiro atoms. The van der Waals surface area contributed by atoms with Crippen molar-refractivity contribution in [3.05, 3.63) is 29.8 Å². The minimum atomic E-state index is -0.370. The summed E-state index contributed by atoms with van der Waals surface area (Å²) in [5, 5.41) is 0. The number of methoxy groups -OCH3 is 2. The largest absolute Gasteiger partial charge is 0.497 e. The third kappa shape index (κ3) is 4.97. The van der Waals surface area contributed by atoms with Gasteiger partial charge in [-0.25, -0.2) is 0 Å². The molecule has 0 amide bonds. The van der Waals surface area contributed by atoms with Crippen LogP contribution >= 0.6 is 0 Å². The highest BCUT2D eigenvalue weighted by atomic mass is 16.5. The summed E-state index contributed by atoms with van der Waals surface area (Å²) in [4.78, 5) is 10.5.